The average molecular weight is 214 g/mol. The molecule has 0 aromatic carbocycles. The normalized spacial score (nSPS) is 14.3. The number of esters is 1. The Morgan fingerprint density at radius 3 is 2.93 bits per heavy atom. The van der Waals surface area contributed by atoms with E-state index in [9.17, 15) is 14.3 Å². The van der Waals surface area contributed by atoms with Crippen molar-refractivity contribution in [1.29, 1.82) is 0 Å². The molecule has 0 aliphatic heterocycles. The number of alkyl halides is 1. The van der Waals surface area contributed by atoms with Gasteiger partial charge >= 0.3 is 5.97 Å². The van der Waals surface area contributed by atoms with Crippen LogP contribution in [0.3, 0.4) is 0 Å². The molecule has 1 N–H and O–H groups in total. The zero-order valence-corrected chi connectivity index (χ0v) is 8.13. The molecule has 5 nitrogen and oxygen atoms in total. The van der Waals surface area contributed by atoms with Crippen molar-refractivity contribution < 1.29 is 19.0 Å². The molecule has 0 saturated heterocycles. The minimum absolute atomic E-state index is 0.00180. The summed E-state index contributed by atoms with van der Waals surface area (Å²) in [5.41, 5.74) is -0.00180. The van der Waals surface area contributed by atoms with Gasteiger partial charge in [0.15, 0.2) is 0 Å². The van der Waals surface area contributed by atoms with Crippen molar-refractivity contribution in [2.24, 2.45) is 0 Å². The van der Waals surface area contributed by atoms with Crippen LogP contribution in [0.1, 0.15) is 18.7 Å². The third-order valence-corrected chi connectivity index (χ3v) is 1.68. The standard InChI is InChI=1S/C9H11FN2O3/c1-2-15-9(14)7(10)8(13)6-5-11-3-4-12-6/h3-5,7-8,13H,2H2,1H3/t7-,8+/m1/s1. The molecule has 0 bridgehead atoms. The summed E-state index contributed by atoms with van der Waals surface area (Å²) in [5.74, 6) is -1.10. The first-order valence-corrected chi connectivity index (χ1v) is 4.41. The monoisotopic (exact) mass is 214 g/mol. The van der Waals surface area contributed by atoms with Crippen LogP contribution in [0.2, 0.25) is 0 Å². The van der Waals surface area contributed by atoms with Crippen molar-refractivity contribution in [3.8, 4) is 0 Å². The molecule has 1 rings (SSSR count). The van der Waals surface area contributed by atoms with Gasteiger partial charge in [0.2, 0.25) is 6.17 Å². The highest BCUT2D eigenvalue weighted by Crippen LogP contribution is 2.17. The van der Waals surface area contributed by atoms with Crippen LogP contribution in [0.15, 0.2) is 18.6 Å². The molecule has 0 aliphatic carbocycles. The van der Waals surface area contributed by atoms with Gasteiger partial charge in [-0.2, -0.15) is 0 Å². The maximum absolute atomic E-state index is 13.3. The minimum atomic E-state index is -2.14. The van der Waals surface area contributed by atoms with Crippen molar-refractivity contribution in [2.75, 3.05) is 6.61 Å². The van der Waals surface area contributed by atoms with Crippen LogP contribution in [0.25, 0.3) is 0 Å². The first-order chi connectivity index (χ1) is 7.16. The highest BCUT2D eigenvalue weighted by molar-refractivity contribution is 5.75. The summed E-state index contributed by atoms with van der Waals surface area (Å²) in [4.78, 5) is 18.3. The Kier molecular flexibility index (Phi) is 4.11. The summed E-state index contributed by atoms with van der Waals surface area (Å²) in [6, 6.07) is 0. The maximum Gasteiger partial charge on any atom is 0.343 e. The third kappa shape index (κ3) is 2.95. The predicted molar refractivity (Wildman–Crippen MR) is 48.5 cm³/mol. The number of halogens is 1. The van der Waals surface area contributed by atoms with Gasteiger partial charge in [-0.1, -0.05) is 0 Å². The molecular weight excluding hydrogens is 203 g/mol. The molecule has 0 unspecified atom stereocenters. The number of aliphatic hydroxyl groups excluding tert-OH is 1. The van der Waals surface area contributed by atoms with Crippen molar-refractivity contribution in [3.63, 3.8) is 0 Å². The zero-order chi connectivity index (χ0) is 11.3. The lowest BCUT2D eigenvalue weighted by atomic mass is 10.1. The van der Waals surface area contributed by atoms with E-state index in [-0.39, 0.29) is 12.3 Å². The second kappa shape index (κ2) is 5.35. The van der Waals surface area contributed by atoms with Gasteiger partial charge in [0.1, 0.15) is 6.10 Å². The predicted octanol–water partition coefficient (Wildman–Crippen LogP) is 0.411. The van der Waals surface area contributed by atoms with Crippen LogP contribution in [-0.2, 0) is 9.53 Å². The van der Waals surface area contributed by atoms with E-state index < -0.39 is 18.2 Å². The molecule has 2 atom stereocenters. The van der Waals surface area contributed by atoms with Crippen LogP contribution in [-0.4, -0.2) is 33.8 Å². The average Bonchev–Trinajstić information content (AvgIpc) is 2.28. The fourth-order valence-electron chi connectivity index (χ4n) is 0.964. The van der Waals surface area contributed by atoms with Gasteiger partial charge in [-0.15, -0.1) is 0 Å². The van der Waals surface area contributed by atoms with Gasteiger partial charge in [-0.05, 0) is 6.92 Å². The number of hydrogen-bond donors (Lipinski definition) is 1. The van der Waals surface area contributed by atoms with Gasteiger partial charge in [-0.3, -0.25) is 9.97 Å². The number of hydrogen-bond acceptors (Lipinski definition) is 5. The summed E-state index contributed by atoms with van der Waals surface area (Å²) in [5, 5.41) is 9.41. The molecule has 0 spiro atoms. The van der Waals surface area contributed by atoms with E-state index >= 15 is 0 Å². The fraction of sp³-hybridized carbons (Fsp3) is 0.444. The molecule has 0 aliphatic rings. The van der Waals surface area contributed by atoms with Gasteiger partial charge in [0.25, 0.3) is 0 Å². The third-order valence-electron chi connectivity index (χ3n) is 1.68. The second-order valence-electron chi connectivity index (χ2n) is 2.73. The Bertz CT molecular complexity index is 320. The number of nitrogens with zero attached hydrogens (tertiary/aromatic N) is 2. The van der Waals surface area contributed by atoms with E-state index in [1.54, 1.807) is 6.92 Å². The number of carbonyl (C=O) groups excluding carboxylic acids is 1. The molecule has 6 heteroatoms. The largest absolute Gasteiger partial charge is 0.464 e. The van der Waals surface area contributed by atoms with Crippen LogP contribution < -0.4 is 0 Å². The molecule has 15 heavy (non-hydrogen) atoms. The Hall–Kier alpha value is -1.56. The first kappa shape index (κ1) is 11.5. The second-order valence-corrected chi connectivity index (χ2v) is 2.73. The van der Waals surface area contributed by atoms with E-state index in [0.717, 1.165) is 0 Å². The van der Waals surface area contributed by atoms with Gasteiger partial charge < -0.3 is 9.84 Å². The summed E-state index contributed by atoms with van der Waals surface area (Å²) in [6.07, 6.45) is 0.0974. The summed E-state index contributed by atoms with van der Waals surface area (Å²) in [7, 11) is 0. The van der Waals surface area contributed by atoms with Gasteiger partial charge in [0.05, 0.1) is 18.5 Å². The van der Waals surface area contributed by atoms with Crippen LogP contribution in [0, 0.1) is 0 Å². The Balaban J connectivity index is 2.68. The molecule has 0 radical (unpaired) electrons. The number of aliphatic hydroxyl groups is 1. The Morgan fingerprint density at radius 1 is 1.67 bits per heavy atom. The molecule has 1 aromatic heterocycles. The van der Waals surface area contributed by atoms with Crippen LogP contribution >= 0.6 is 0 Å². The molecule has 1 heterocycles. The summed E-state index contributed by atoms with van der Waals surface area (Å²) in [6.45, 7) is 1.62. The van der Waals surface area contributed by atoms with Crippen molar-refractivity contribution >= 4 is 5.97 Å². The van der Waals surface area contributed by atoms with Crippen LogP contribution in [0.5, 0.6) is 0 Å². The van der Waals surface area contributed by atoms with Crippen LogP contribution in [0.4, 0.5) is 4.39 Å². The Labute approximate surface area is 85.9 Å². The smallest absolute Gasteiger partial charge is 0.343 e. The molecule has 0 fully saturated rings. The number of rotatable bonds is 4. The maximum atomic E-state index is 13.3. The van der Waals surface area contributed by atoms with Crippen molar-refractivity contribution in [3.05, 3.63) is 24.3 Å². The van der Waals surface area contributed by atoms with E-state index in [0.29, 0.717) is 0 Å². The van der Waals surface area contributed by atoms with E-state index in [2.05, 4.69) is 14.7 Å². The molecular formula is C9H11FN2O3. The Morgan fingerprint density at radius 2 is 2.40 bits per heavy atom. The highest BCUT2D eigenvalue weighted by Gasteiger charge is 2.30. The van der Waals surface area contributed by atoms with Gasteiger partial charge in [0, 0.05) is 12.4 Å². The number of ether oxygens (including phenoxy) is 1. The van der Waals surface area contributed by atoms with Gasteiger partial charge in [-0.25, -0.2) is 9.18 Å². The molecule has 0 saturated carbocycles. The van der Waals surface area contributed by atoms with E-state index in [1.807, 2.05) is 0 Å². The minimum Gasteiger partial charge on any atom is -0.464 e. The molecule has 1 aromatic rings. The summed E-state index contributed by atoms with van der Waals surface area (Å²) < 4.78 is 17.7. The zero-order valence-electron chi connectivity index (χ0n) is 8.13. The fourth-order valence-corrected chi connectivity index (χ4v) is 0.964. The van der Waals surface area contributed by atoms with E-state index in [4.69, 9.17) is 0 Å². The lowest BCUT2D eigenvalue weighted by Gasteiger charge is -2.13. The molecule has 82 valence electrons. The first-order valence-electron chi connectivity index (χ1n) is 4.41. The lowest BCUT2D eigenvalue weighted by Crippen LogP contribution is -2.26. The van der Waals surface area contributed by atoms with Crippen molar-refractivity contribution in [1.82, 2.24) is 9.97 Å². The highest BCUT2D eigenvalue weighted by atomic mass is 19.1. The number of carbonyl (C=O) groups is 1. The van der Waals surface area contributed by atoms with E-state index in [1.165, 1.54) is 18.6 Å². The SMILES string of the molecule is CCOC(=O)[C@H](F)[C@@H](O)c1cnccn1. The topological polar surface area (TPSA) is 72.3 Å². The summed E-state index contributed by atoms with van der Waals surface area (Å²) >= 11 is 0. The molecule has 0 amide bonds. The lowest BCUT2D eigenvalue weighted by molar-refractivity contribution is -0.153. The quantitative estimate of drug-likeness (QED) is 0.735. The van der Waals surface area contributed by atoms with Crippen molar-refractivity contribution in [2.45, 2.75) is 19.2 Å². The number of aromatic nitrogens is 2.